The van der Waals surface area contributed by atoms with Crippen molar-refractivity contribution >= 4 is 65.1 Å². The minimum absolute atomic E-state index is 0.164. The molecule has 2 N–H and O–H groups in total. The molecule has 2 aromatic heterocycles. The van der Waals surface area contributed by atoms with Gasteiger partial charge in [0.15, 0.2) is 0 Å². The lowest BCUT2D eigenvalue weighted by Gasteiger charge is -2.10. The quantitative estimate of drug-likeness (QED) is 0.228. The van der Waals surface area contributed by atoms with Crippen LogP contribution >= 0.6 is 23.2 Å². The van der Waals surface area contributed by atoms with E-state index in [1.807, 2.05) is 0 Å². The number of aliphatic hydroxyl groups is 2. The van der Waals surface area contributed by atoms with Gasteiger partial charge in [-0.15, -0.1) is 0 Å². The molecule has 0 fully saturated rings. The zero-order valence-corrected chi connectivity index (χ0v) is 24.9. The Kier molecular flexibility index (Phi) is 8.47. The van der Waals surface area contributed by atoms with Gasteiger partial charge in [0, 0.05) is 20.8 Å². The molecule has 42 heavy (non-hydrogen) atoms. The SMILES string of the molecule is O=S(=O)(c1ccccc1)n1c(CO)cc2ccc(Cl)cc21.O=S(=O)(c1ccccc1)n1c(CO)cc2ccc(Cl)cc21. The number of hydrogen-bond acceptors (Lipinski definition) is 6. The van der Waals surface area contributed by atoms with Crippen molar-refractivity contribution < 1.29 is 27.0 Å². The zero-order valence-electron chi connectivity index (χ0n) is 21.8. The molecule has 4 aromatic carbocycles. The monoisotopic (exact) mass is 642 g/mol. The van der Waals surface area contributed by atoms with Crippen LogP contribution in [-0.4, -0.2) is 35.0 Å². The third-order valence-corrected chi connectivity index (χ3v) is 10.5. The van der Waals surface area contributed by atoms with Gasteiger partial charge < -0.3 is 10.2 Å². The highest BCUT2D eigenvalue weighted by molar-refractivity contribution is 7.90. The van der Waals surface area contributed by atoms with Gasteiger partial charge >= 0.3 is 0 Å². The number of aliphatic hydroxyl groups excluding tert-OH is 2. The van der Waals surface area contributed by atoms with Crippen molar-refractivity contribution in [2.24, 2.45) is 0 Å². The number of nitrogens with zero attached hydrogens (tertiary/aromatic N) is 2. The first-order valence-electron chi connectivity index (χ1n) is 12.5. The fourth-order valence-electron chi connectivity index (χ4n) is 4.60. The standard InChI is InChI=1S/2C15H12ClNO3S/c2*16-12-7-6-11-8-13(10-18)17(15(11)9-12)21(19,20)14-4-2-1-3-5-14/h2*1-9,18H,10H2. The van der Waals surface area contributed by atoms with Gasteiger partial charge in [-0.05, 0) is 60.7 Å². The molecule has 12 heteroatoms. The predicted molar refractivity (Wildman–Crippen MR) is 164 cm³/mol. The van der Waals surface area contributed by atoms with Crippen LogP contribution in [-0.2, 0) is 33.3 Å². The van der Waals surface area contributed by atoms with E-state index in [0.29, 0.717) is 43.2 Å². The van der Waals surface area contributed by atoms with Crippen LogP contribution in [0.5, 0.6) is 0 Å². The molecule has 0 aliphatic rings. The highest BCUT2D eigenvalue weighted by atomic mass is 35.5. The van der Waals surface area contributed by atoms with Gasteiger partial charge in [-0.25, -0.2) is 24.8 Å². The largest absolute Gasteiger partial charge is 0.390 e. The molecule has 0 amide bonds. The summed E-state index contributed by atoms with van der Waals surface area (Å²) in [5.74, 6) is 0. The van der Waals surface area contributed by atoms with Gasteiger partial charge in [-0.3, -0.25) is 0 Å². The van der Waals surface area contributed by atoms with Crippen molar-refractivity contribution in [3.63, 3.8) is 0 Å². The maximum Gasteiger partial charge on any atom is 0.268 e. The molecule has 0 aliphatic carbocycles. The summed E-state index contributed by atoms with van der Waals surface area (Å²) in [5.41, 5.74) is 1.51. The van der Waals surface area contributed by atoms with Gasteiger partial charge in [0.2, 0.25) is 0 Å². The van der Waals surface area contributed by atoms with E-state index in [0.717, 1.165) is 7.94 Å². The number of benzene rings is 4. The molecule has 0 bridgehead atoms. The lowest BCUT2D eigenvalue weighted by atomic mass is 10.2. The van der Waals surface area contributed by atoms with Crippen molar-refractivity contribution in [1.82, 2.24) is 7.94 Å². The van der Waals surface area contributed by atoms with E-state index in [2.05, 4.69) is 0 Å². The summed E-state index contributed by atoms with van der Waals surface area (Å²) in [7, 11) is -7.57. The number of rotatable bonds is 6. The fraction of sp³-hybridized carbons (Fsp3) is 0.0667. The van der Waals surface area contributed by atoms with Crippen molar-refractivity contribution in [2.75, 3.05) is 0 Å². The molecule has 216 valence electrons. The number of halogens is 2. The third-order valence-electron chi connectivity index (χ3n) is 6.48. The zero-order chi connectivity index (χ0) is 30.1. The van der Waals surface area contributed by atoms with E-state index in [-0.39, 0.29) is 23.0 Å². The Balaban J connectivity index is 0.000000168. The van der Waals surface area contributed by atoms with Crippen molar-refractivity contribution in [1.29, 1.82) is 0 Å². The summed E-state index contributed by atoms with van der Waals surface area (Å²) < 4.78 is 53.5. The Bertz CT molecular complexity index is 1960. The van der Waals surface area contributed by atoms with Crippen LogP contribution in [0.3, 0.4) is 0 Å². The smallest absolute Gasteiger partial charge is 0.268 e. The minimum Gasteiger partial charge on any atom is -0.390 e. The van der Waals surface area contributed by atoms with E-state index >= 15 is 0 Å². The second-order valence-corrected chi connectivity index (χ2v) is 13.6. The molecular weight excluding hydrogens is 619 g/mol. The van der Waals surface area contributed by atoms with Crippen molar-refractivity contribution in [3.8, 4) is 0 Å². The molecule has 0 saturated heterocycles. The Hall–Kier alpha value is -3.64. The molecule has 0 spiro atoms. The first-order valence-corrected chi connectivity index (χ1v) is 16.1. The maximum atomic E-state index is 12.8. The summed E-state index contributed by atoms with van der Waals surface area (Å²) in [6, 6.07) is 29.5. The summed E-state index contributed by atoms with van der Waals surface area (Å²) >= 11 is 11.9. The van der Waals surface area contributed by atoms with Gasteiger partial charge in [-0.2, -0.15) is 0 Å². The molecule has 0 aliphatic heterocycles. The average Bonchev–Trinajstić information content (AvgIpc) is 3.56. The Morgan fingerprint density at radius 2 is 0.881 bits per heavy atom. The van der Waals surface area contributed by atoms with E-state index in [1.165, 1.54) is 24.3 Å². The van der Waals surface area contributed by atoms with Crippen LogP contribution in [0.2, 0.25) is 10.0 Å². The molecule has 0 radical (unpaired) electrons. The molecule has 0 atom stereocenters. The molecule has 6 aromatic rings. The number of hydrogen-bond donors (Lipinski definition) is 2. The molecule has 0 unspecified atom stereocenters. The van der Waals surface area contributed by atoms with E-state index in [9.17, 15) is 27.0 Å². The summed E-state index contributed by atoms with van der Waals surface area (Å²) in [6.45, 7) is -0.753. The van der Waals surface area contributed by atoms with Crippen LogP contribution in [0.4, 0.5) is 0 Å². The predicted octanol–water partition coefficient (Wildman–Crippen LogP) is 6.05. The number of aromatic nitrogens is 2. The fourth-order valence-corrected chi connectivity index (χ4v) is 8.03. The van der Waals surface area contributed by atoms with Crippen LogP contribution < -0.4 is 0 Å². The third kappa shape index (κ3) is 5.57. The van der Waals surface area contributed by atoms with Gasteiger partial charge in [0.05, 0.1) is 45.4 Å². The van der Waals surface area contributed by atoms with E-state index in [1.54, 1.807) is 84.9 Å². The molecular formula is C30H24Cl2N2O6S2. The first-order chi connectivity index (χ1) is 20.1. The molecule has 8 nitrogen and oxygen atoms in total. The highest BCUT2D eigenvalue weighted by Crippen LogP contribution is 2.29. The van der Waals surface area contributed by atoms with Gasteiger partial charge in [0.25, 0.3) is 20.0 Å². The topological polar surface area (TPSA) is 119 Å². The van der Waals surface area contributed by atoms with Crippen LogP contribution in [0.25, 0.3) is 21.8 Å². The minimum atomic E-state index is -3.78. The Labute approximate surface area is 252 Å². The normalized spacial score (nSPS) is 11.9. The Morgan fingerprint density at radius 3 is 1.21 bits per heavy atom. The molecule has 6 rings (SSSR count). The van der Waals surface area contributed by atoms with Crippen molar-refractivity contribution in [3.05, 3.63) is 131 Å². The van der Waals surface area contributed by atoms with Crippen LogP contribution in [0.1, 0.15) is 11.4 Å². The lowest BCUT2D eigenvalue weighted by Crippen LogP contribution is -2.15. The van der Waals surface area contributed by atoms with Crippen LogP contribution in [0, 0.1) is 0 Å². The average molecular weight is 644 g/mol. The van der Waals surface area contributed by atoms with E-state index < -0.39 is 20.0 Å². The lowest BCUT2D eigenvalue weighted by molar-refractivity contribution is 0.276. The summed E-state index contributed by atoms with van der Waals surface area (Å²) in [6.07, 6.45) is 0. The van der Waals surface area contributed by atoms with E-state index in [4.69, 9.17) is 23.2 Å². The highest BCUT2D eigenvalue weighted by Gasteiger charge is 2.24. The molecule has 2 heterocycles. The van der Waals surface area contributed by atoms with Crippen LogP contribution in [0.15, 0.2) is 119 Å². The van der Waals surface area contributed by atoms with Crippen molar-refractivity contribution in [2.45, 2.75) is 23.0 Å². The summed E-state index contributed by atoms with van der Waals surface area (Å²) in [4.78, 5) is 0.328. The second-order valence-electron chi connectivity index (χ2n) is 9.16. The van der Waals surface area contributed by atoms with Gasteiger partial charge in [0.1, 0.15) is 0 Å². The maximum absolute atomic E-state index is 12.8. The molecule has 0 saturated carbocycles. The number of fused-ring (bicyclic) bond motifs is 2. The Morgan fingerprint density at radius 1 is 0.524 bits per heavy atom. The summed E-state index contributed by atoms with van der Waals surface area (Å²) in [5, 5.41) is 21.3. The second kappa shape index (κ2) is 11.9. The van der Waals surface area contributed by atoms with Gasteiger partial charge in [-0.1, -0.05) is 71.7 Å². The first kappa shape index (κ1) is 29.8.